The summed E-state index contributed by atoms with van der Waals surface area (Å²) in [6.07, 6.45) is 3.62. The van der Waals surface area contributed by atoms with Gasteiger partial charge in [-0.1, -0.05) is 11.6 Å². The van der Waals surface area contributed by atoms with Gasteiger partial charge < -0.3 is 15.6 Å². The maximum Gasteiger partial charge on any atom is 0.163 e. The van der Waals surface area contributed by atoms with Gasteiger partial charge in [0.15, 0.2) is 5.82 Å². The average molecular weight is 289 g/mol. The van der Waals surface area contributed by atoms with Gasteiger partial charge in [-0.2, -0.15) is 0 Å². The first-order valence-corrected chi connectivity index (χ1v) is 6.39. The van der Waals surface area contributed by atoms with Gasteiger partial charge >= 0.3 is 0 Å². The average Bonchev–Trinajstić information content (AvgIpc) is 2.45. The number of halogens is 1. The molecule has 0 saturated heterocycles. The fourth-order valence-electron chi connectivity index (χ4n) is 1.73. The van der Waals surface area contributed by atoms with Gasteiger partial charge in [0.2, 0.25) is 0 Å². The first-order valence-electron chi connectivity index (χ1n) is 6.01. The van der Waals surface area contributed by atoms with E-state index in [-0.39, 0.29) is 0 Å². The summed E-state index contributed by atoms with van der Waals surface area (Å²) in [5, 5.41) is 15.4. The van der Waals surface area contributed by atoms with Gasteiger partial charge in [-0.3, -0.25) is 0 Å². The van der Waals surface area contributed by atoms with E-state index in [0.717, 1.165) is 12.4 Å². The summed E-state index contributed by atoms with van der Waals surface area (Å²) in [4.78, 5) is 8.52. The zero-order valence-corrected chi connectivity index (χ0v) is 11.6. The van der Waals surface area contributed by atoms with Crippen LogP contribution >= 0.6 is 11.6 Å². The Kier molecular flexibility index (Phi) is 4.42. The number of benzene rings is 1. The Bertz CT molecular complexity index is 697. The zero-order valence-electron chi connectivity index (χ0n) is 10.9. The highest BCUT2D eigenvalue weighted by molar-refractivity contribution is 6.34. The zero-order chi connectivity index (χ0) is 14.5. The summed E-state index contributed by atoms with van der Waals surface area (Å²) in [7, 11) is 0. The van der Waals surface area contributed by atoms with E-state index < -0.39 is 0 Å². The van der Waals surface area contributed by atoms with Crippen molar-refractivity contribution in [1.82, 2.24) is 9.97 Å². The summed E-state index contributed by atoms with van der Waals surface area (Å²) in [6.45, 7) is 2.48. The van der Waals surface area contributed by atoms with Crippen LogP contribution in [0.4, 0.5) is 0 Å². The second-order valence-corrected chi connectivity index (χ2v) is 4.24. The van der Waals surface area contributed by atoms with E-state index in [1.54, 1.807) is 12.1 Å². The highest BCUT2D eigenvalue weighted by Gasteiger charge is 2.09. The molecule has 0 aliphatic carbocycles. The highest BCUT2D eigenvalue weighted by Crippen LogP contribution is 2.26. The molecule has 0 unspecified atom stereocenters. The summed E-state index contributed by atoms with van der Waals surface area (Å²) >= 11 is 6.17. The third-order valence-electron chi connectivity index (χ3n) is 2.61. The Morgan fingerprint density at radius 3 is 2.80 bits per heavy atom. The van der Waals surface area contributed by atoms with Crippen molar-refractivity contribution in [1.29, 1.82) is 10.8 Å². The van der Waals surface area contributed by atoms with Crippen LogP contribution in [-0.4, -0.2) is 29.0 Å². The highest BCUT2D eigenvalue weighted by atomic mass is 35.5. The third kappa shape index (κ3) is 2.83. The lowest BCUT2D eigenvalue weighted by atomic mass is 10.2. The summed E-state index contributed by atoms with van der Waals surface area (Å²) in [5.74, 6) is 1.03. The Labute approximate surface area is 121 Å². The molecule has 0 spiro atoms. The number of nitrogens with one attached hydrogen (secondary N) is 2. The van der Waals surface area contributed by atoms with Gasteiger partial charge in [-0.05, 0) is 31.2 Å². The van der Waals surface area contributed by atoms with Gasteiger partial charge in [0.25, 0.3) is 0 Å². The minimum absolute atomic E-state index is 0.296. The van der Waals surface area contributed by atoms with Crippen LogP contribution in [0, 0.1) is 10.8 Å². The van der Waals surface area contributed by atoms with Crippen molar-refractivity contribution in [3.8, 4) is 5.75 Å². The molecule has 0 aliphatic heterocycles. The maximum atomic E-state index is 7.33. The van der Waals surface area contributed by atoms with E-state index in [1.165, 1.54) is 6.08 Å². The number of hydrogen-bond donors (Lipinski definition) is 2. The van der Waals surface area contributed by atoms with Crippen molar-refractivity contribution in [2.75, 3.05) is 6.61 Å². The molecule has 0 radical (unpaired) electrons. The summed E-state index contributed by atoms with van der Waals surface area (Å²) in [5.41, 5.74) is 1.10. The van der Waals surface area contributed by atoms with Crippen molar-refractivity contribution in [2.45, 2.75) is 6.92 Å². The number of nitrogens with zero attached hydrogens (tertiary/aromatic N) is 2. The SMILES string of the molecule is CCOc1ccc2nc(/C(C=N)=C/C=N)nc(Cl)c2c1. The van der Waals surface area contributed by atoms with Crippen LogP contribution in [-0.2, 0) is 0 Å². The Morgan fingerprint density at radius 1 is 1.35 bits per heavy atom. The molecule has 0 saturated carbocycles. The quantitative estimate of drug-likeness (QED) is 0.653. The van der Waals surface area contributed by atoms with Crippen molar-refractivity contribution in [3.05, 3.63) is 35.3 Å². The summed E-state index contributed by atoms with van der Waals surface area (Å²) < 4.78 is 5.41. The van der Waals surface area contributed by atoms with Gasteiger partial charge in [0.05, 0.1) is 12.1 Å². The number of ether oxygens (including phenoxy) is 1. The lowest BCUT2D eigenvalue weighted by Crippen LogP contribution is -1.98. The van der Waals surface area contributed by atoms with Gasteiger partial charge in [0, 0.05) is 23.4 Å². The Hall–Kier alpha value is -2.27. The normalized spacial score (nSPS) is 11.4. The predicted octanol–water partition coefficient (Wildman–Crippen LogP) is 3.36. The minimum atomic E-state index is 0.296. The molecule has 5 nitrogen and oxygen atoms in total. The monoisotopic (exact) mass is 288 g/mol. The predicted molar refractivity (Wildman–Crippen MR) is 81.3 cm³/mol. The molecule has 2 rings (SSSR count). The van der Waals surface area contributed by atoms with Crippen molar-refractivity contribution < 1.29 is 4.74 Å². The van der Waals surface area contributed by atoms with Gasteiger partial charge in [-0.15, -0.1) is 0 Å². The van der Waals surface area contributed by atoms with Crippen LogP contribution in [0.3, 0.4) is 0 Å². The van der Waals surface area contributed by atoms with Crippen LogP contribution in [0.2, 0.25) is 5.15 Å². The number of allylic oxidation sites excluding steroid dienone is 2. The minimum Gasteiger partial charge on any atom is -0.494 e. The maximum absolute atomic E-state index is 7.33. The van der Waals surface area contributed by atoms with E-state index in [1.807, 2.05) is 13.0 Å². The molecule has 2 N–H and O–H groups in total. The summed E-state index contributed by atoms with van der Waals surface area (Å²) in [6, 6.07) is 5.39. The van der Waals surface area contributed by atoms with Crippen LogP contribution in [0.1, 0.15) is 12.7 Å². The Balaban J connectivity index is 2.58. The molecule has 102 valence electrons. The van der Waals surface area contributed by atoms with Crippen molar-refractivity contribution >= 4 is 40.5 Å². The molecule has 0 fully saturated rings. The number of aromatic nitrogens is 2. The van der Waals surface area contributed by atoms with Crippen LogP contribution < -0.4 is 4.74 Å². The fraction of sp³-hybridized carbons (Fsp3) is 0.143. The molecule has 1 aromatic carbocycles. The smallest absolute Gasteiger partial charge is 0.163 e. The molecule has 20 heavy (non-hydrogen) atoms. The first kappa shape index (κ1) is 14.1. The fourth-order valence-corrected chi connectivity index (χ4v) is 1.96. The molecule has 6 heteroatoms. The molecule has 0 atom stereocenters. The van der Waals surface area contributed by atoms with Crippen LogP contribution in [0.5, 0.6) is 5.75 Å². The van der Waals surface area contributed by atoms with Crippen molar-refractivity contribution in [2.24, 2.45) is 0 Å². The number of hydrogen-bond acceptors (Lipinski definition) is 5. The lowest BCUT2D eigenvalue weighted by molar-refractivity contribution is 0.340. The molecule has 2 aromatic rings. The van der Waals surface area contributed by atoms with Crippen molar-refractivity contribution in [3.63, 3.8) is 0 Å². The van der Waals surface area contributed by atoms with E-state index in [4.69, 9.17) is 27.2 Å². The topological polar surface area (TPSA) is 82.7 Å². The van der Waals surface area contributed by atoms with E-state index in [9.17, 15) is 0 Å². The number of rotatable bonds is 5. The molecule has 0 aliphatic rings. The molecule has 0 bridgehead atoms. The van der Waals surface area contributed by atoms with Gasteiger partial charge in [0.1, 0.15) is 10.9 Å². The van der Waals surface area contributed by atoms with Crippen LogP contribution in [0.15, 0.2) is 24.3 Å². The van der Waals surface area contributed by atoms with E-state index in [2.05, 4.69) is 9.97 Å². The van der Waals surface area contributed by atoms with E-state index >= 15 is 0 Å². The van der Waals surface area contributed by atoms with Crippen LogP contribution in [0.25, 0.3) is 16.5 Å². The second kappa shape index (κ2) is 6.25. The number of fused-ring (bicyclic) bond motifs is 1. The molecular weight excluding hydrogens is 276 g/mol. The standard InChI is InChI=1S/C14H13ClN4O/c1-2-20-10-3-4-12-11(7-10)13(15)19-14(18-12)9(8-17)5-6-16/h3-8,16-17H,2H2,1H3/b9-5+,16-6?,17-8?. The van der Waals surface area contributed by atoms with E-state index in [0.29, 0.717) is 39.8 Å². The Morgan fingerprint density at radius 2 is 2.15 bits per heavy atom. The molecule has 0 amide bonds. The first-order chi connectivity index (χ1) is 9.69. The molecular formula is C14H13ClN4O. The second-order valence-electron chi connectivity index (χ2n) is 3.88. The van der Waals surface area contributed by atoms with Gasteiger partial charge in [-0.25, -0.2) is 9.97 Å². The lowest BCUT2D eigenvalue weighted by Gasteiger charge is -2.07. The molecule has 1 aromatic heterocycles. The largest absolute Gasteiger partial charge is 0.494 e. The third-order valence-corrected chi connectivity index (χ3v) is 2.90. The molecule has 1 heterocycles.